The average molecular weight is 322 g/mol. The van der Waals surface area contributed by atoms with Crippen molar-refractivity contribution < 1.29 is 17.9 Å². The molecule has 0 spiro atoms. The van der Waals surface area contributed by atoms with Crippen molar-refractivity contribution in [3.05, 3.63) is 52.8 Å². The predicted octanol–water partition coefficient (Wildman–Crippen LogP) is 5.28. The second-order valence-corrected chi connectivity index (χ2v) is 4.61. The van der Waals surface area contributed by atoms with E-state index in [0.717, 1.165) is 6.07 Å². The number of hydrogen-bond acceptors (Lipinski definition) is 2. The molecule has 0 aliphatic carbocycles. The molecule has 0 amide bonds. The Kier molecular flexibility index (Phi) is 4.40. The van der Waals surface area contributed by atoms with Crippen molar-refractivity contribution in [3.63, 3.8) is 0 Å². The molecule has 7 heteroatoms. The van der Waals surface area contributed by atoms with Crippen molar-refractivity contribution in [3.8, 4) is 11.5 Å². The van der Waals surface area contributed by atoms with Crippen LogP contribution >= 0.6 is 23.2 Å². The van der Waals surface area contributed by atoms with E-state index in [1.807, 2.05) is 0 Å². The maximum atomic E-state index is 13.0. The Balaban J connectivity index is 2.41. The minimum atomic E-state index is -4.54. The van der Waals surface area contributed by atoms with E-state index >= 15 is 0 Å². The zero-order chi connectivity index (χ0) is 14.8. The van der Waals surface area contributed by atoms with Crippen LogP contribution in [0.5, 0.6) is 11.5 Å². The van der Waals surface area contributed by atoms with Gasteiger partial charge in [-0.15, -0.1) is 11.6 Å². The van der Waals surface area contributed by atoms with Crippen LogP contribution in [0, 0.1) is 0 Å². The third-order valence-corrected chi connectivity index (χ3v) is 2.93. The third-order valence-electron chi connectivity index (χ3n) is 2.41. The van der Waals surface area contributed by atoms with E-state index in [0.29, 0.717) is 5.56 Å². The molecule has 0 bridgehead atoms. The van der Waals surface area contributed by atoms with Crippen molar-refractivity contribution >= 4 is 23.2 Å². The highest BCUT2D eigenvalue weighted by Gasteiger charge is 2.34. The van der Waals surface area contributed by atoms with Gasteiger partial charge in [0.15, 0.2) is 0 Å². The van der Waals surface area contributed by atoms with Crippen molar-refractivity contribution in [1.29, 1.82) is 0 Å². The molecule has 20 heavy (non-hydrogen) atoms. The van der Waals surface area contributed by atoms with E-state index in [-0.39, 0.29) is 22.4 Å². The zero-order valence-electron chi connectivity index (χ0n) is 9.92. The maximum absolute atomic E-state index is 13.0. The Labute approximate surface area is 123 Å². The van der Waals surface area contributed by atoms with Crippen molar-refractivity contribution in [2.75, 3.05) is 0 Å². The number of ether oxygens (including phenoxy) is 1. The summed E-state index contributed by atoms with van der Waals surface area (Å²) in [7, 11) is 0. The van der Waals surface area contributed by atoms with Crippen LogP contribution in [-0.2, 0) is 12.1 Å². The van der Waals surface area contributed by atoms with Gasteiger partial charge in [0.25, 0.3) is 0 Å². The lowest BCUT2D eigenvalue weighted by Crippen LogP contribution is -2.08. The standard InChI is InChI=1S/C13H8Cl2F3NO/c14-5-8-1-2-12(11(3-8)13(16,17)18)20-10-4-9(15)6-19-7-10/h1-4,6-7H,5H2. The van der Waals surface area contributed by atoms with Gasteiger partial charge in [-0.3, -0.25) is 4.98 Å². The van der Waals surface area contributed by atoms with Crippen molar-refractivity contribution in [2.24, 2.45) is 0 Å². The quantitative estimate of drug-likeness (QED) is 0.717. The van der Waals surface area contributed by atoms with Gasteiger partial charge in [-0.25, -0.2) is 0 Å². The lowest BCUT2D eigenvalue weighted by Gasteiger charge is -2.14. The first-order chi connectivity index (χ1) is 9.40. The van der Waals surface area contributed by atoms with Gasteiger partial charge in [-0.2, -0.15) is 13.2 Å². The molecule has 0 aliphatic heterocycles. The number of benzene rings is 1. The summed E-state index contributed by atoms with van der Waals surface area (Å²) in [4.78, 5) is 3.75. The molecule has 2 aromatic rings. The minimum absolute atomic E-state index is 0.0118. The van der Waals surface area contributed by atoms with E-state index < -0.39 is 11.7 Å². The molecule has 1 aromatic heterocycles. The second kappa shape index (κ2) is 5.89. The van der Waals surface area contributed by atoms with E-state index in [9.17, 15) is 13.2 Å². The van der Waals surface area contributed by atoms with E-state index in [4.69, 9.17) is 27.9 Å². The van der Waals surface area contributed by atoms with E-state index in [2.05, 4.69) is 4.98 Å². The number of aromatic nitrogens is 1. The molecule has 1 heterocycles. The number of halogens is 5. The lowest BCUT2D eigenvalue weighted by atomic mass is 10.1. The summed E-state index contributed by atoms with van der Waals surface area (Å²) in [6.07, 6.45) is -1.90. The SMILES string of the molecule is FC(F)(F)c1cc(CCl)ccc1Oc1cncc(Cl)c1. The molecule has 1 aromatic carbocycles. The van der Waals surface area contributed by atoms with E-state index in [1.54, 1.807) is 0 Å². The Bertz CT molecular complexity index is 617. The van der Waals surface area contributed by atoms with Gasteiger partial charge >= 0.3 is 6.18 Å². The Hall–Kier alpha value is -1.46. The number of pyridine rings is 1. The van der Waals surface area contributed by atoms with Gasteiger partial charge in [0.05, 0.1) is 16.8 Å². The summed E-state index contributed by atoms with van der Waals surface area (Å²) in [5.41, 5.74) is -0.536. The summed E-state index contributed by atoms with van der Waals surface area (Å²) in [5, 5.41) is 0.272. The molecule has 2 rings (SSSR count). The highest BCUT2D eigenvalue weighted by molar-refractivity contribution is 6.30. The smallest absolute Gasteiger partial charge is 0.419 e. The van der Waals surface area contributed by atoms with Crippen LogP contribution in [-0.4, -0.2) is 4.98 Å². The fourth-order valence-corrected chi connectivity index (χ4v) is 1.88. The molecule has 0 radical (unpaired) electrons. The van der Waals surface area contributed by atoms with Crippen LogP contribution < -0.4 is 4.74 Å². The second-order valence-electron chi connectivity index (χ2n) is 3.90. The number of alkyl halides is 4. The van der Waals surface area contributed by atoms with Gasteiger partial charge in [0, 0.05) is 18.1 Å². The fraction of sp³-hybridized carbons (Fsp3) is 0.154. The number of rotatable bonds is 3. The highest BCUT2D eigenvalue weighted by atomic mass is 35.5. The summed E-state index contributed by atoms with van der Waals surface area (Å²) >= 11 is 11.3. The highest BCUT2D eigenvalue weighted by Crippen LogP contribution is 2.39. The van der Waals surface area contributed by atoms with Crippen LogP contribution in [0.2, 0.25) is 5.02 Å². The molecule has 106 valence electrons. The van der Waals surface area contributed by atoms with Crippen molar-refractivity contribution in [2.45, 2.75) is 12.1 Å². The Morgan fingerprint density at radius 1 is 1.15 bits per heavy atom. The van der Waals surface area contributed by atoms with Crippen LogP contribution in [0.15, 0.2) is 36.7 Å². The molecule has 0 saturated carbocycles. The average Bonchev–Trinajstić information content (AvgIpc) is 2.38. The summed E-state index contributed by atoms with van der Waals surface area (Å²) in [5.74, 6) is -0.209. The largest absolute Gasteiger partial charge is 0.455 e. The van der Waals surface area contributed by atoms with Gasteiger partial charge in [-0.05, 0) is 17.7 Å². The van der Waals surface area contributed by atoms with Gasteiger partial charge in [0.2, 0.25) is 0 Å². The van der Waals surface area contributed by atoms with Crippen LogP contribution in [0.25, 0.3) is 0 Å². The molecule has 2 nitrogen and oxygen atoms in total. The van der Waals surface area contributed by atoms with Gasteiger partial charge < -0.3 is 4.74 Å². The van der Waals surface area contributed by atoms with Crippen LogP contribution in [0.3, 0.4) is 0 Å². The molecule has 0 saturated heterocycles. The first kappa shape index (κ1) is 14.9. The normalized spacial score (nSPS) is 11.4. The van der Waals surface area contributed by atoms with Crippen LogP contribution in [0.4, 0.5) is 13.2 Å². The molecule has 0 fully saturated rings. The molecule has 0 atom stereocenters. The van der Waals surface area contributed by atoms with Gasteiger partial charge in [-0.1, -0.05) is 17.7 Å². The first-order valence-electron chi connectivity index (χ1n) is 5.44. The predicted molar refractivity (Wildman–Crippen MR) is 70.3 cm³/mol. The summed E-state index contributed by atoms with van der Waals surface area (Å²) < 4.78 is 44.2. The molecule has 0 aliphatic rings. The summed E-state index contributed by atoms with van der Waals surface area (Å²) in [6, 6.07) is 5.03. The molecule has 0 N–H and O–H groups in total. The van der Waals surface area contributed by atoms with Crippen LogP contribution in [0.1, 0.15) is 11.1 Å². The Morgan fingerprint density at radius 2 is 1.90 bits per heavy atom. The van der Waals surface area contributed by atoms with E-state index in [1.165, 1.54) is 30.6 Å². The monoisotopic (exact) mass is 321 g/mol. The first-order valence-corrected chi connectivity index (χ1v) is 6.36. The fourth-order valence-electron chi connectivity index (χ4n) is 1.55. The maximum Gasteiger partial charge on any atom is 0.419 e. The molecular weight excluding hydrogens is 314 g/mol. The Morgan fingerprint density at radius 3 is 2.50 bits per heavy atom. The number of nitrogens with zero attached hydrogens (tertiary/aromatic N) is 1. The summed E-state index contributed by atoms with van der Waals surface area (Å²) in [6.45, 7) is 0. The topological polar surface area (TPSA) is 22.1 Å². The zero-order valence-corrected chi connectivity index (χ0v) is 11.4. The molecular formula is C13H8Cl2F3NO. The number of hydrogen-bond donors (Lipinski definition) is 0. The van der Waals surface area contributed by atoms with Crippen molar-refractivity contribution in [1.82, 2.24) is 4.98 Å². The van der Waals surface area contributed by atoms with Gasteiger partial charge in [0.1, 0.15) is 11.5 Å². The lowest BCUT2D eigenvalue weighted by molar-refractivity contribution is -0.138. The third kappa shape index (κ3) is 3.55. The molecule has 0 unspecified atom stereocenters. The minimum Gasteiger partial charge on any atom is -0.455 e.